The van der Waals surface area contributed by atoms with Crippen LogP contribution in [0, 0.1) is 0 Å². The van der Waals surface area contributed by atoms with Crippen molar-refractivity contribution in [1.82, 2.24) is 0 Å². The van der Waals surface area contributed by atoms with E-state index in [1.54, 1.807) is 12.1 Å². The topological polar surface area (TPSA) is 239 Å². The van der Waals surface area contributed by atoms with Gasteiger partial charge in [0.25, 0.3) is 0 Å². The van der Waals surface area contributed by atoms with Crippen LogP contribution >= 0.6 is 0 Å². The molecule has 1 atom stereocenters. The summed E-state index contributed by atoms with van der Waals surface area (Å²) in [7, 11) is 1.28. The first-order valence-corrected chi connectivity index (χ1v) is 21.9. The Bertz CT molecular complexity index is 2430. The fourth-order valence-electron chi connectivity index (χ4n) is 6.13. The molecule has 0 radical (unpaired) electrons. The highest BCUT2D eigenvalue weighted by molar-refractivity contribution is 5.92. The molecule has 0 N–H and O–H groups in total. The van der Waals surface area contributed by atoms with Crippen molar-refractivity contribution in [3.63, 3.8) is 0 Å². The smallest absolute Gasteiger partial charge is 0.465 e. The van der Waals surface area contributed by atoms with Crippen LogP contribution in [0.1, 0.15) is 51.6 Å². The molecule has 5 rings (SSSR count). The van der Waals surface area contributed by atoms with E-state index in [0.717, 1.165) is 34.4 Å². The standard InChI is InChI=1S/C33H32O11.C18H22O9/c1-4-31(35)40-17-15-38-13-14-39-16-18-41-33(37)44-24-7-5-23(6-8-24)32(36)43-26-10-12-28-27-11-9-25(42-22(3)34)19-29(27)21(2)30(28)20-26;1-3-16(19)25-12-10-23-8-9-24-11-13-26-18(21)27-15-6-4-14(5-7-15)17(20)22-2/h4-12,19-21H,1,13-18H2,2-3H3;3-7H,1,8-13H2,2H3. The van der Waals surface area contributed by atoms with Crippen LogP contribution in [0.4, 0.5) is 9.59 Å². The Balaban J connectivity index is 0.000000348. The Morgan fingerprint density at radius 3 is 1.18 bits per heavy atom. The molecule has 1 unspecified atom stereocenters. The van der Waals surface area contributed by atoms with Gasteiger partial charge in [-0.05, 0) is 95.1 Å². The van der Waals surface area contributed by atoms with Gasteiger partial charge in [-0.25, -0.2) is 28.8 Å². The Morgan fingerprint density at radius 1 is 0.451 bits per heavy atom. The van der Waals surface area contributed by atoms with Crippen LogP contribution in [0.15, 0.2) is 110 Å². The minimum absolute atomic E-state index is 0.00995. The van der Waals surface area contributed by atoms with Gasteiger partial charge in [-0.2, -0.15) is 0 Å². The lowest BCUT2D eigenvalue weighted by Crippen LogP contribution is -2.16. The van der Waals surface area contributed by atoms with Gasteiger partial charge in [-0.3, -0.25) is 4.79 Å². The normalized spacial score (nSPS) is 11.7. The van der Waals surface area contributed by atoms with E-state index in [1.165, 1.54) is 62.6 Å². The summed E-state index contributed by atoms with van der Waals surface area (Å²) in [5, 5.41) is 0. The van der Waals surface area contributed by atoms with Gasteiger partial charge in [0.05, 0.1) is 71.1 Å². The number of rotatable bonds is 26. The van der Waals surface area contributed by atoms with Crippen molar-refractivity contribution in [3.05, 3.63) is 132 Å². The fourth-order valence-corrected chi connectivity index (χ4v) is 6.13. The van der Waals surface area contributed by atoms with Crippen molar-refractivity contribution < 1.29 is 95.1 Å². The lowest BCUT2D eigenvalue weighted by molar-refractivity contribution is -0.140. The van der Waals surface area contributed by atoms with Gasteiger partial charge >= 0.3 is 42.2 Å². The molecule has 0 amide bonds. The van der Waals surface area contributed by atoms with E-state index in [0.29, 0.717) is 30.3 Å². The predicted molar refractivity (Wildman–Crippen MR) is 249 cm³/mol. The van der Waals surface area contributed by atoms with Crippen molar-refractivity contribution in [1.29, 1.82) is 0 Å². The van der Waals surface area contributed by atoms with E-state index in [2.05, 4.69) is 17.9 Å². The zero-order valence-electron chi connectivity index (χ0n) is 39.4. The quantitative estimate of drug-likeness (QED) is 0.0154. The second-order valence-corrected chi connectivity index (χ2v) is 14.3. The molecule has 4 aromatic carbocycles. The summed E-state index contributed by atoms with van der Waals surface area (Å²) in [6, 6.07) is 22.7. The van der Waals surface area contributed by atoms with Crippen LogP contribution in [0.2, 0.25) is 0 Å². The Kier molecular flexibility index (Phi) is 24.0. The van der Waals surface area contributed by atoms with Crippen LogP contribution in [-0.2, 0) is 57.0 Å². The summed E-state index contributed by atoms with van der Waals surface area (Å²) in [4.78, 5) is 80.5. The lowest BCUT2D eigenvalue weighted by Gasteiger charge is -2.10. The number of carbonyl (C=O) groups is 7. The van der Waals surface area contributed by atoms with Crippen molar-refractivity contribution in [2.45, 2.75) is 19.8 Å². The van der Waals surface area contributed by atoms with Gasteiger partial charge in [-0.15, -0.1) is 0 Å². The first-order valence-electron chi connectivity index (χ1n) is 21.9. The van der Waals surface area contributed by atoms with Gasteiger partial charge in [0.1, 0.15) is 49.4 Å². The number of hydrogen-bond acceptors (Lipinski definition) is 20. The van der Waals surface area contributed by atoms with E-state index < -0.39 is 36.2 Å². The van der Waals surface area contributed by atoms with E-state index >= 15 is 0 Å². The van der Waals surface area contributed by atoms with Gasteiger partial charge in [0.15, 0.2) is 0 Å². The third-order valence-corrected chi connectivity index (χ3v) is 9.43. The predicted octanol–water partition coefficient (Wildman–Crippen LogP) is 6.99. The molecule has 378 valence electrons. The first-order chi connectivity index (χ1) is 34.3. The van der Waals surface area contributed by atoms with E-state index in [-0.39, 0.29) is 95.0 Å². The third-order valence-electron chi connectivity index (χ3n) is 9.43. The monoisotopic (exact) mass is 986 g/mol. The molecule has 0 heterocycles. The number of benzene rings is 4. The van der Waals surface area contributed by atoms with Gasteiger partial charge < -0.3 is 61.6 Å². The highest BCUT2D eigenvalue weighted by atomic mass is 16.7. The highest BCUT2D eigenvalue weighted by Gasteiger charge is 2.27. The third kappa shape index (κ3) is 19.9. The summed E-state index contributed by atoms with van der Waals surface area (Å²) in [6.07, 6.45) is 0.344. The minimum atomic E-state index is -0.919. The molecule has 20 nitrogen and oxygen atoms in total. The molecule has 0 saturated heterocycles. The molecule has 0 fully saturated rings. The minimum Gasteiger partial charge on any atom is -0.465 e. The summed E-state index contributed by atoms with van der Waals surface area (Å²) in [5.41, 5.74) is 4.69. The fraction of sp³-hybridized carbons (Fsp3) is 0.314. The zero-order chi connectivity index (χ0) is 51.4. The average Bonchev–Trinajstić information content (AvgIpc) is 3.64. The van der Waals surface area contributed by atoms with E-state index in [9.17, 15) is 33.6 Å². The van der Waals surface area contributed by atoms with Crippen LogP contribution in [0.3, 0.4) is 0 Å². The van der Waals surface area contributed by atoms with Gasteiger partial charge in [-0.1, -0.05) is 32.2 Å². The molecule has 1 aliphatic rings. The van der Waals surface area contributed by atoms with Crippen molar-refractivity contribution in [2.75, 3.05) is 86.4 Å². The first kappa shape index (κ1) is 55.7. The lowest BCUT2D eigenvalue weighted by atomic mass is 9.99. The Morgan fingerprint density at radius 2 is 0.803 bits per heavy atom. The summed E-state index contributed by atoms with van der Waals surface area (Å²) < 4.78 is 65.7. The molecule has 4 aromatic rings. The molecule has 0 saturated carbocycles. The van der Waals surface area contributed by atoms with Crippen molar-refractivity contribution in [2.24, 2.45) is 0 Å². The number of hydrogen-bond donors (Lipinski definition) is 0. The molecule has 0 aromatic heterocycles. The zero-order valence-corrected chi connectivity index (χ0v) is 39.4. The number of fused-ring (bicyclic) bond motifs is 3. The maximum Gasteiger partial charge on any atom is 0.513 e. The maximum atomic E-state index is 12.8. The molecule has 0 aliphatic heterocycles. The maximum absolute atomic E-state index is 12.8. The van der Waals surface area contributed by atoms with E-state index in [4.69, 9.17) is 56.8 Å². The SMILES string of the molecule is C=CC(=O)OCCOCCOCCOC(=O)Oc1ccc(C(=O)OC)cc1.C=CC(=O)OCCOCCOCCOC(=O)Oc1ccc(C(=O)Oc2ccc3c(c2)C(C)c2cc(OC(C)=O)ccc2-3)cc1. The number of carbonyl (C=O) groups excluding carboxylic acids is 7. The van der Waals surface area contributed by atoms with Crippen LogP contribution in [-0.4, -0.2) is 129 Å². The number of ether oxygens (including phenoxy) is 13. The van der Waals surface area contributed by atoms with Crippen LogP contribution < -0.4 is 18.9 Å². The summed E-state index contributed by atoms with van der Waals surface area (Å²) in [6.45, 7) is 12.1. The van der Waals surface area contributed by atoms with Crippen LogP contribution in [0.5, 0.6) is 23.0 Å². The van der Waals surface area contributed by atoms with Gasteiger partial charge in [0, 0.05) is 25.0 Å². The second kappa shape index (κ2) is 30.6. The Hall–Kier alpha value is -7.91. The highest BCUT2D eigenvalue weighted by Crippen LogP contribution is 2.47. The summed E-state index contributed by atoms with van der Waals surface area (Å²) in [5.74, 6) is -1.14. The van der Waals surface area contributed by atoms with Crippen molar-refractivity contribution in [3.8, 4) is 34.1 Å². The van der Waals surface area contributed by atoms with Crippen LogP contribution in [0.25, 0.3) is 11.1 Å². The largest absolute Gasteiger partial charge is 0.513 e. The Labute approximate surface area is 409 Å². The molecule has 0 spiro atoms. The number of methoxy groups -OCH3 is 1. The summed E-state index contributed by atoms with van der Waals surface area (Å²) >= 11 is 0. The van der Waals surface area contributed by atoms with Gasteiger partial charge in [0.2, 0.25) is 0 Å². The second-order valence-electron chi connectivity index (χ2n) is 14.3. The van der Waals surface area contributed by atoms with Crippen molar-refractivity contribution >= 4 is 42.2 Å². The molecular weight excluding hydrogens is 933 g/mol. The molecule has 1 aliphatic carbocycles. The molecule has 0 bridgehead atoms. The number of esters is 5. The van der Waals surface area contributed by atoms with E-state index in [1.807, 2.05) is 31.2 Å². The molecule has 20 heteroatoms. The molecule has 71 heavy (non-hydrogen) atoms. The average molecular weight is 987 g/mol. The molecular formula is C51H54O20.